The molecule has 0 saturated carbocycles. The molecule has 2 aromatic carbocycles. The van der Waals surface area contributed by atoms with E-state index in [1.807, 2.05) is 19.9 Å². The van der Waals surface area contributed by atoms with Gasteiger partial charge in [-0.1, -0.05) is 29.0 Å². The highest BCUT2D eigenvalue weighted by Gasteiger charge is 2.48. The van der Waals surface area contributed by atoms with Crippen molar-refractivity contribution in [2.75, 3.05) is 18.1 Å². The van der Waals surface area contributed by atoms with Gasteiger partial charge in [-0.3, -0.25) is 19.5 Å². The van der Waals surface area contributed by atoms with E-state index in [9.17, 15) is 14.7 Å². The summed E-state index contributed by atoms with van der Waals surface area (Å²) in [5.41, 5.74) is 1.26. The van der Waals surface area contributed by atoms with Crippen molar-refractivity contribution < 1.29 is 24.2 Å². The molecule has 1 aliphatic heterocycles. The fourth-order valence-corrected chi connectivity index (χ4v) is 5.36. The summed E-state index contributed by atoms with van der Waals surface area (Å²) in [7, 11) is 0. The predicted octanol–water partition coefficient (Wildman–Crippen LogP) is 5.77. The molecular weight excluding hydrogens is 514 g/mol. The first-order chi connectivity index (χ1) is 17.9. The molecule has 1 aliphatic rings. The van der Waals surface area contributed by atoms with Crippen LogP contribution in [0.4, 0.5) is 5.13 Å². The van der Waals surface area contributed by atoms with E-state index in [4.69, 9.17) is 21.1 Å². The Kier molecular flexibility index (Phi) is 6.82. The van der Waals surface area contributed by atoms with E-state index in [1.54, 1.807) is 48.7 Å². The first-order valence-electron chi connectivity index (χ1n) is 11.6. The van der Waals surface area contributed by atoms with E-state index in [0.29, 0.717) is 46.1 Å². The summed E-state index contributed by atoms with van der Waals surface area (Å²) in [6, 6.07) is 14.3. The van der Waals surface area contributed by atoms with Crippen LogP contribution in [0.1, 0.15) is 31.1 Å². The van der Waals surface area contributed by atoms with E-state index < -0.39 is 17.7 Å². The van der Waals surface area contributed by atoms with Gasteiger partial charge in [0.05, 0.1) is 39.7 Å². The number of carbonyl (C=O) groups excluding carboxylic acids is 2. The third-order valence-electron chi connectivity index (χ3n) is 5.78. The topological polar surface area (TPSA) is 102 Å². The van der Waals surface area contributed by atoms with Crippen LogP contribution in [0.25, 0.3) is 16.0 Å². The summed E-state index contributed by atoms with van der Waals surface area (Å²) in [6.45, 7) is 4.59. The van der Waals surface area contributed by atoms with Crippen LogP contribution in [0.3, 0.4) is 0 Å². The lowest BCUT2D eigenvalue weighted by Crippen LogP contribution is -2.29. The number of rotatable bonds is 7. The third kappa shape index (κ3) is 4.52. The van der Waals surface area contributed by atoms with Gasteiger partial charge in [-0.15, -0.1) is 0 Å². The van der Waals surface area contributed by atoms with Crippen LogP contribution in [0.5, 0.6) is 11.5 Å². The number of Topliss-reactive ketones (excluding diaryl/α,β-unsaturated/α-hetero) is 1. The monoisotopic (exact) mass is 535 g/mol. The zero-order valence-corrected chi connectivity index (χ0v) is 21.5. The molecule has 0 aliphatic carbocycles. The number of amides is 1. The molecule has 188 valence electrons. The van der Waals surface area contributed by atoms with Gasteiger partial charge in [0.1, 0.15) is 23.3 Å². The Balaban J connectivity index is 1.67. The minimum absolute atomic E-state index is 0.0947. The molecule has 0 bridgehead atoms. The molecule has 10 heteroatoms. The van der Waals surface area contributed by atoms with E-state index >= 15 is 0 Å². The number of hydrogen-bond acceptors (Lipinski definition) is 8. The number of hydrogen-bond donors (Lipinski definition) is 1. The number of pyridine rings is 1. The first kappa shape index (κ1) is 24.7. The van der Waals surface area contributed by atoms with Gasteiger partial charge in [0.15, 0.2) is 5.13 Å². The predicted molar refractivity (Wildman–Crippen MR) is 142 cm³/mol. The zero-order valence-electron chi connectivity index (χ0n) is 20.0. The summed E-state index contributed by atoms with van der Waals surface area (Å²) >= 11 is 7.46. The number of carbonyl (C=O) groups is 2. The molecule has 1 amide bonds. The van der Waals surface area contributed by atoms with E-state index in [2.05, 4.69) is 9.97 Å². The SMILES string of the molecule is CCOc1ccc2nc(N3C(=O)C(=O)/C(=C(/O)c4ccc(Cl)c(OCC)c4)C3c3ccccn3)sc2c1. The average Bonchev–Trinajstić information content (AvgIpc) is 3.43. The van der Waals surface area contributed by atoms with Crippen LogP contribution in [-0.4, -0.2) is 40.0 Å². The molecule has 5 rings (SSSR count). The van der Waals surface area contributed by atoms with Crippen LogP contribution in [0.15, 0.2) is 66.4 Å². The fourth-order valence-electron chi connectivity index (χ4n) is 4.17. The lowest BCUT2D eigenvalue weighted by atomic mass is 9.98. The Morgan fingerprint density at radius 1 is 1.08 bits per heavy atom. The molecule has 3 heterocycles. The highest BCUT2D eigenvalue weighted by atomic mass is 35.5. The van der Waals surface area contributed by atoms with Crippen LogP contribution in [0, 0.1) is 0 Å². The minimum Gasteiger partial charge on any atom is -0.507 e. The van der Waals surface area contributed by atoms with Crippen molar-refractivity contribution in [3.05, 3.63) is 82.6 Å². The fraction of sp³-hybridized carbons (Fsp3) is 0.185. The number of thiazole rings is 1. The average molecular weight is 536 g/mol. The Morgan fingerprint density at radius 2 is 1.89 bits per heavy atom. The van der Waals surface area contributed by atoms with Gasteiger partial charge in [-0.05, 0) is 62.4 Å². The van der Waals surface area contributed by atoms with Crippen molar-refractivity contribution in [2.24, 2.45) is 0 Å². The van der Waals surface area contributed by atoms with Gasteiger partial charge in [-0.25, -0.2) is 4.98 Å². The van der Waals surface area contributed by atoms with Gasteiger partial charge >= 0.3 is 5.91 Å². The van der Waals surface area contributed by atoms with E-state index in [1.165, 1.54) is 22.3 Å². The maximum absolute atomic E-state index is 13.4. The molecule has 0 radical (unpaired) electrons. The normalized spacial score (nSPS) is 16.9. The summed E-state index contributed by atoms with van der Waals surface area (Å²) in [5.74, 6) is -0.959. The molecule has 1 fully saturated rings. The standard InChI is InChI=1S/C27H22ClN3O5S/c1-3-35-16-9-11-18-21(14-16)37-27(30-18)31-23(19-7-5-6-12-29-19)22(25(33)26(31)34)24(32)15-8-10-17(28)20(13-15)36-4-2/h5-14,23,32H,3-4H2,1-2H3/b24-22+. The number of aliphatic hydroxyl groups is 1. The van der Waals surface area contributed by atoms with Gasteiger partial charge < -0.3 is 14.6 Å². The van der Waals surface area contributed by atoms with Crippen LogP contribution in [0.2, 0.25) is 5.02 Å². The molecule has 2 aromatic heterocycles. The molecule has 1 saturated heterocycles. The summed E-state index contributed by atoms with van der Waals surface area (Å²) < 4.78 is 11.9. The number of benzene rings is 2. The highest BCUT2D eigenvalue weighted by Crippen LogP contribution is 2.44. The van der Waals surface area contributed by atoms with Gasteiger partial charge in [0.2, 0.25) is 0 Å². The summed E-state index contributed by atoms with van der Waals surface area (Å²) in [4.78, 5) is 37.1. The lowest BCUT2D eigenvalue weighted by molar-refractivity contribution is -0.132. The number of ketones is 1. The zero-order chi connectivity index (χ0) is 26.1. The van der Waals surface area contributed by atoms with Crippen molar-refractivity contribution in [1.82, 2.24) is 9.97 Å². The molecule has 8 nitrogen and oxygen atoms in total. The number of halogens is 1. The number of ether oxygens (including phenoxy) is 2. The number of fused-ring (bicyclic) bond motifs is 1. The summed E-state index contributed by atoms with van der Waals surface area (Å²) in [6.07, 6.45) is 1.57. The second kappa shape index (κ2) is 10.2. The first-order valence-corrected chi connectivity index (χ1v) is 12.8. The number of nitrogens with zero attached hydrogens (tertiary/aromatic N) is 3. The second-order valence-corrected chi connectivity index (χ2v) is 9.48. The van der Waals surface area contributed by atoms with E-state index in [-0.39, 0.29) is 16.9 Å². The lowest BCUT2D eigenvalue weighted by Gasteiger charge is -2.22. The number of aromatic nitrogens is 2. The van der Waals surface area contributed by atoms with Crippen LogP contribution < -0.4 is 14.4 Å². The van der Waals surface area contributed by atoms with Crippen LogP contribution in [-0.2, 0) is 9.59 Å². The molecule has 4 aromatic rings. The Bertz CT molecular complexity index is 1540. The van der Waals surface area contributed by atoms with Crippen molar-refractivity contribution in [3.8, 4) is 11.5 Å². The smallest absolute Gasteiger partial charge is 0.301 e. The Hall–Kier alpha value is -3.95. The molecule has 1 N–H and O–H groups in total. The van der Waals surface area contributed by atoms with Gasteiger partial charge in [0.25, 0.3) is 5.78 Å². The van der Waals surface area contributed by atoms with Crippen LogP contribution >= 0.6 is 22.9 Å². The maximum Gasteiger partial charge on any atom is 0.301 e. The molecule has 0 spiro atoms. The van der Waals surface area contributed by atoms with Crippen molar-refractivity contribution >= 4 is 55.7 Å². The van der Waals surface area contributed by atoms with Gasteiger partial charge in [0, 0.05) is 11.8 Å². The third-order valence-corrected chi connectivity index (χ3v) is 7.11. The quantitative estimate of drug-likeness (QED) is 0.182. The van der Waals surface area contributed by atoms with Crippen molar-refractivity contribution in [3.63, 3.8) is 0 Å². The van der Waals surface area contributed by atoms with E-state index in [0.717, 1.165) is 4.70 Å². The molecule has 1 unspecified atom stereocenters. The van der Waals surface area contributed by atoms with Crippen molar-refractivity contribution in [2.45, 2.75) is 19.9 Å². The van der Waals surface area contributed by atoms with Crippen molar-refractivity contribution in [1.29, 1.82) is 0 Å². The summed E-state index contributed by atoms with van der Waals surface area (Å²) in [5, 5.41) is 12.0. The highest BCUT2D eigenvalue weighted by molar-refractivity contribution is 7.22. The molecule has 1 atom stereocenters. The Labute approximate surface area is 221 Å². The number of anilines is 1. The molecular formula is C27H22ClN3O5S. The second-order valence-electron chi connectivity index (χ2n) is 8.06. The Morgan fingerprint density at radius 3 is 2.62 bits per heavy atom. The largest absolute Gasteiger partial charge is 0.507 e. The maximum atomic E-state index is 13.4. The minimum atomic E-state index is -0.987. The molecule has 37 heavy (non-hydrogen) atoms. The van der Waals surface area contributed by atoms with Gasteiger partial charge in [-0.2, -0.15) is 0 Å². The number of aliphatic hydroxyl groups excluding tert-OH is 1.